The zero-order valence-corrected chi connectivity index (χ0v) is 19.1. The topological polar surface area (TPSA) is 91.5 Å². The van der Waals surface area contributed by atoms with Crippen molar-refractivity contribution in [2.24, 2.45) is 5.73 Å². The fourth-order valence-electron chi connectivity index (χ4n) is 3.78. The molecule has 4 rings (SSSR count). The summed E-state index contributed by atoms with van der Waals surface area (Å²) >= 11 is 0. The molecule has 33 heavy (non-hydrogen) atoms. The van der Waals surface area contributed by atoms with Crippen molar-refractivity contribution in [1.29, 1.82) is 0 Å². The lowest BCUT2D eigenvalue weighted by atomic mass is 10.2. The second kappa shape index (κ2) is 9.58. The zero-order chi connectivity index (χ0) is 23.3. The molecule has 8 heteroatoms. The van der Waals surface area contributed by atoms with Crippen LogP contribution in [0.3, 0.4) is 0 Å². The quantitative estimate of drug-likeness (QED) is 0.485. The molecule has 1 aliphatic heterocycles. The number of hydrogen-bond donors (Lipinski definition) is 1. The summed E-state index contributed by atoms with van der Waals surface area (Å²) in [6.45, 7) is 2.10. The number of hydrogen-bond acceptors (Lipinski definition) is 6. The fourth-order valence-corrected chi connectivity index (χ4v) is 5.47. The molecule has 1 unspecified atom stereocenters. The van der Waals surface area contributed by atoms with Gasteiger partial charge in [0.15, 0.2) is 5.69 Å². The Hall–Kier alpha value is -3.46. The summed E-state index contributed by atoms with van der Waals surface area (Å²) in [5.74, 6) is 2.38. The van der Waals surface area contributed by atoms with Gasteiger partial charge in [-0.3, -0.25) is 0 Å². The lowest BCUT2D eigenvalue weighted by Crippen LogP contribution is -2.56. The molecular formula is C25H26N3O4S+. The number of sulfonamides is 1. The van der Waals surface area contributed by atoms with Gasteiger partial charge in [-0.05, 0) is 61.5 Å². The minimum Gasteiger partial charge on any atom is -0.457 e. The molecule has 1 aliphatic rings. The summed E-state index contributed by atoms with van der Waals surface area (Å²) in [5.41, 5.74) is 7.20. The molecule has 0 radical (unpaired) electrons. The molecule has 0 bridgehead atoms. The van der Waals surface area contributed by atoms with Crippen LogP contribution in [0.5, 0.6) is 23.1 Å². The van der Waals surface area contributed by atoms with E-state index in [9.17, 15) is 8.42 Å². The van der Waals surface area contributed by atoms with E-state index < -0.39 is 10.0 Å². The first kappa shape index (κ1) is 22.7. The average Bonchev–Trinajstić information content (AvgIpc) is 2.86. The monoisotopic (exact) mass is 464 g/mol. The molecule has 170 valence electrons. The van der Waals surface area contributed by atoms with E-state index in [1.807, 2.05) is 24.3 Å². The van der Waals surface area contributed by atoms with Crippen LogP contribution < -0.4 is 19.1 Å². The van der Waals surface area contributed by atoms with Crippen molar-refractivity contribution >= 4 is 15.7 Å². The largest absolute Gasteiger partial charge is 0.457 e. The Labute approximate surface area is 194 Å². The highest BCUT2D eigenvalue weighted by molar-refractivity contribution is 7.91. The van der Waals surface area contributed by atoms with Crippen LogP contribution >= 0.6 is 0 Å². The van der Waals surface area contributed by atoms with Crippen molar-refractivity contribution in [3.05, 3.63) is 96.9 Å². The van der Waals surface area contributed by atoms with Gasteiger partial charge in [-0.25, -0.2) is 4.98 Å². The lowest BCUT2D eigenvalue weighted by Gasteiger charge is -2.37. The first-order valence-electron chi connectivity index (χ1n) is 10.6. The normalized spacial score (nSPS) is 17.9. The smallest absolute Gasteiger partial charge is 0.306 e. The molecular weight excluding hydrogens is 438 g/mol. The SMILES string of the molecule is CCS(=O)(=O)[N+]1(c2ccc(Oc3ccc(Oc4ccccn4)cc3)cc2)CC=CC=C1CN. The molecule has 0 saturated carbocycles. The molecule has 1 aromatic heterocycles. The van der Waals surface area contributed by atoms with Crippen LogP contribution in [0.1, 0.15) is 6.92 Å². The summed E-state index contributed by atoms with van der Waals surface area (Å²) in [6, 6.07) is 19.8. The second-order valence-electron chi connectivity index (χ2n) is 7.42. The van der Waals surface area contributed by atoms with Crippen LogP contribution in [0.2, 0.25) is 0 Å². The molecule has 0 saturated heterocycles. The highest BCUT2D eigenvalue weighted by Gasteiger charge is 2.46. The van der Waals surface area contributed by atoms with Gasteiger partial charge in [-0.15, -0.1) is 0 Å². The van der Waals surface area contributed by atoms with Gasteiger partial charge in [0.25, 0.3) is 0 Å². The molecule has 2 aromatic carbocycles. The number of pyridine rings is 1. The Balaban J connectivity index is 1.54. The molecule has 0 amide bonds. The molecule has 0 aliphatic carbocycles. The standard InChI is InChI=1S/C25H26N3O4S/c1-2-33(29,30)28(18-6-4-7-21(28)19-26)20-9-11-22(12-10-20)31-23-13-15-24(16-14-23)32-25-8-3-5-17-27-25/h3-17H,2,18-19,26H2,1H3/q+1. The molecule has 2 N–H and O–H groups in total. The van der Waals surface area contributed by atoms with Crippen molar-refractivity contribution < 1.29 is 17.9 Å². The number of rotatable bonds is 8. The summed E-state index contributed by atoms with van der Waals surface area (Å²) in [5, 5.41) is 0. The van der Waals surface area contributed by atoms with Crippen molar-refractivity contribution in [2.75, 3.05) is 18.8 Å². The van der Waals surface area contributed by atoms with Crippen LogP contribution in [0.4, 0.5) is 5.69 Å². The molecule has 7 nitrogen and oxygen atoms in total. The van der Waals surface area contributed by atoms with Crippen molar-refractivity contribution in [3.8, 4) is 23.1 Å². The van der Waals surface area contributed by atoms with E-state index in [4.69, 9.17) is 15.2 Å². The highest BCUT2D eigenvalue weighted by atomic mass is 32.2. The van der Waals surface area contributed by atoms with Crippen LogP contribution in [-0.4, -0.2) is 32.2 Å². The van der Waals surface area contributed by atoms with Crippen LogP contribution in [0.15, 0.2) is 96.9 Å². The summed E-state index contributed by atoms with van der Waals surface area (Å²) in [7, 11) is -3.52. The van der Waals surface area contributed by atoms with Gasteiger partial charge in [-0.2, -0.15) is 12.3 Å². The number of allylic oxidation sites excluding steroid dienone is 2. The maximum Gasteiger partial charge on any atom is 0.306 e. The maximum atomic E-state index is 13.2. The van der Waals surface area contributed by atoms with E-state index >= 15 is 0 Å². The Morgan fingerprint density at radius 3 is 2.15 bits per heavy atom. The van der Waals surface area contributed by atoms with Gasteiger partial charge >= 0.3 is 10.0 Å². The van der Waals surface area contributed by atoms with E-state index in [1.54, 1.807) is 73.8 Å². The lowest BCUT2D eigenvalue weighted by molar-refractivity contribution is 0.456. The highest BCUT2D eigenvalue weighted by Crippen LogP contribution is 2.37. The van der Waals surface area contributed by atoms with Gasteiger partial charge < -0.3 is 15.2 Å². The Morgan fingerprint density at radius 2 is 1.58 bits per heavy atom. The van der Waals surface area contributed by atoms with E-state index in [0.29, 0.717) is 41.1 Å². The fraction of sp³-hybridized carbons (Fsp3) is 0.160. The molecule has 2 heterocycles. The predicted octanol–water partition coefficient (Wildman–Crippen LogP) is 4.74. The van der Waals surface area contributed by atoms with Gasteiger partial charge in [0, 0.05) is 24.4 Å². The number of benzene rings is 2. The first-order chi connectivity index (χ1) is 16.0. The predicted molar refractivity (Wildman–Crippen MR) is 130 cm³/mol. The number of quaternary nitrogens is 1. The van der Waals surface area contributed by atoms with Gasteiger partial charge in [0.2, 0.25) is 5.88 Å². The maximum absolute atomic E-state index is 13.2. The zero-order valence-electron chi connectivity index (χ0n) is 18.3. The molecule has 0 spiro atoms. The van der Waals surface area contributed by atoms with E-state index in [-0.39, 0.29) is 16.2 Å². The van der Waals surface area contributed by atoms with Crippen molar-refractivity contribution in [2.45, 2.75) is 6.92 Å². The molecule has 3 aromatic rings. The minimum absolute atomic E-state index is 0.00333. The number of nitrogens with two attached hydrogens (primary N) is 1. The van der Waals surface area contributed by atoms with E-state index in [2.05, 4.69) is 4.98 Å². The third-order valence-corrected chi connectivity index (χ3v) is 7.75. The van der Waals surface area contributed by atoms with Crippen LogP contribution in [-0.2, 0) is 10.0 Å². The Kier molecular flexibility index (Phi) is 6.60. The number of nitrogens with zero attached hydrogens (tertiary/aromatic N) is 2. The molecule has 0 fully saturated rings. The van der Waals surface area contributed by atoms with Crippen molar-refractivity contribution in [3.63, 3.8) is 0 Å². The van der Waals surface area contributed by atoms with Gasteiger partial charge in [-0.1, -0.05) is 12.1 Å². The first-order valence-corrected chi connectivity index (χ1v) is 12.2. The number of aromatic nitrogens is 1. The van der Waals surface area contributed by atoms with E-state index in [1.165, 1.54) is 0 Å². The van der Waals surface area contributed by atoms with Gasteiger partial charge in [0.1, 0.15) is 29.5 Å². The summed E-state index contributed by atoms with van der Waals surface area (Å²) < 4.78 is 37.7. The molecule has 1 atom stereocenters. The summed E-state index contributed by atoms with van der Waals surface area (Å²) in [4.78, 5) is 4.14. The third-order valence-electron chi connectivity index (χ3n) is 5.47. The minimum atomic E-state index is -3.52. The third kappa shape index (κ3) is 4.54. The average molecular weight is 465 g/mol. The second-order valence-corrected chi connectivity index (χ2v) is 9.79. The van der Waals surface area contributed by atoms with E-state index in [0.717, 1.165) is 0 Å². The van der Waals surface area contributed by atoms with Crippen LogP contribution in [0.25, 0.3) is 0 Å². The Bertz CT molecular complexity index is 1260. The summed E-state index contributed by atoms with van der Waals surface area (Å²) in [6.07, 6.45) is 7.16. The van der Waals surface area contributed by atoms with Gasteiger partial charge in [0.05, 0.1) is 12.3 Å². The van der Waals surface area contributed by atoms with Crippen LogP contribution in [0, 0.1) is 0 Å². The number of ether oxygens (including phenoxy) is 2. The Morgan fingerprint density at radius 1 is 0.939 bits per heavy atom. The van der Waals surface area contributed by atoms with Crippen molar-refractivity contribution in [1.82, 2.24) is 8.87 Å².